The molecule has 6 nitrogen and oxygen atoms in total. The van der Waals surface area contributed by atoms with Crippen molar-refractivity contribution in [3.05, 3.63) is 16.1 Å². The van der Waals surface area contributed by atoms with Crippen molar-refractivity contribution in [1.82, 2.24) is 20.9 Å². The summed E-state index contributed by atoms with van der Waals surface area (Å²) in [7, 11) is 1.70. The summed E-state index contributed by atoms with van der Waals surface area (Å²) in [4.78, 5) is 20.3. The maximum atomic E-state index is 11.7. The maximum absolute atomic E-state index is 11.7. The second-order valence-corrected chi connectivity index (χ2v) is 7.08. The third-order valence-electron chi connectivity index (χ3n) is 2.68. The van der Waals surface area contributed by atoms with Crippen molar-refractivity contribution in [2.75, 3.05) is 20.1 Å². The zero-order chi connectivity index (χ0) is 16.6. The first-order valence-corrected chi connectivity index (χ1v) is 8.34. The molecule has 0 bridgehead atoms. The minimum atomic E-state index is -0.221. The molecule has 0 radical (unpaired) electrons. The number of hydrogen-bond acceptors (Lipinski definition) is 4. The highest BCUT2D eigenvalue weighted by Crippen LogP contribution is 2.10. The molecule has 0 spiro atoms. The first-order chi connectivity index (χ1) is 10.3. The van der Waals surface area contributed by atoms with Crippen LogP contribution in [-0.2, 0) is 11.2 Å². The Morgan fingerprint density at radius 3 is 2.64 bits per heavy atom. The maximum Gasteiger partial charge on any atom is 0.239 e. The highest BCUT2D eigenvalue weighted by molar-refractivity contribution is 7.09. The molecule has 1 aromatic heterocycles. The molecule has 3 N–H and O–H groups in total. The molecule has 0 saturated carbocycles. The number of hydrogen-bond donors (Lipinski definition) is 3. The van der Waals surface area contributed by atoms with E-state index in [1.807, 2.05) is 27.7 Å². The van der Waals surface area contributed by atoms with Crippen LogP contribution in [0.15, 0.2) is 10.4 Å². The highest BCUT2D eigenvalue weighted by Gasteiger charge is 2.13. The van der Waals surface area contributed by atoms with Crippen LogP contribution in [0.1, 0.15) is 37.9 Å². The number of aryl methyl sites for hydroxylation is 2. The van der Waals surface area contributed by atoms with Crippen LogP contribution in [0.2, 0.25) is 0 Å². The Hall–Kier alpha value is -1.63. The van der Waals surface area contributed by atoms with Gasteiger partial charge in [-0.3, -0.25) is 9.79 Å². The molecule has 0 aliphatic carbocycles. The predicted molar refractivity (Wildman–Crippen MR) is 92.4 cm³/mol. The van der Waals surface area contributed by atoms with Gasteiger partial charge in [-0.05, 0) is 34.1 Å². The van der Waals surface area contributed by atoms with E-state index in [0.717, 1.165) is 30.1 Å². The van der Waals surface area contributed by atoms with Crippen LogP contribution in [-0.4, -0.2) is 42.5 Å². The Balaban J connectivity index is 2.21. The van der Waals surface area contributed by atoms with E-state index < -0.39 is 0 Å². The number of carbonyl (C=O) groups is 1. The molecular weight excluding hydrogens is 298 g/mol. The molecule has 1 rings (SSSR count). The Morgan fingerprint density at radius 1 is 1.36 bits per heavy atom. The van der Waals surface area contributed by atoms with Crippen LogP contribution in [0.3, 0.4) is 0 Å². The van der Waals surface area contributed by atoms with Crippen LogP contribution < -0.4 is 16.0 Å². The fourth-order valence-electron chi connectivity index (χ4n) is 1.81. The first kappa shape index (κ1) is 18.4. The topological polar surface area (TPSA) is 78.4 Å². The first-order valence-electron chi connectivity index (χ1n) is 7.46. The third-order valence-corrected chi connectivity index (χ3v) is 3.71. The van der Waals surface area contributed by atoms with Gasteiger partial charge in [0.15, 0.2) is 5.96 Å². The van der Waals surface area contributed by atoms with Gasteiger partial charge in [0, 0.05) is 36.6 Å². The molecule has 124 valence electrons. The molecule has 22 heavy (non-hydrogen) atoms. The van der Waals surface area contributed by atoms with Gasteiger partial charge in [-0.15, -0.1) is 11.3 Å². The Labute approximate surface area is 136 Å². The van der Waals surface area contributed by atoms with Crippen molar-refractivity contribution >= 4 is 23.2 Å². The molecule has 0 saturated heterocycles. The number of nitrogens with one attached hydrogen (secondary N) is 3. The minimum absolute atomic E-state index is 0.0475. The number of rotatable bonds is 6. The highest BCUT2D eigenvalue weighted by atomic mass is 32.1. The SMILES string of the molecule is CN=C(NCCCc1nc(C)cs1)NCC(=O)NC(C)(C)C. The van der Waals surface area contributed by atoms with Gasteiger partial charge < -0.3 is 16.0 Å². The van der Waals surface area contributed by atoms with Crippen molar-refractivity contribution < 1.29 is 4.79 Å². The minimum Gasteiger partial charge on any atom is -0.356 e. The van der Waals surface area contributed by atoms with E-state index in [-0.39, 0.29) is 18.0 Å². The number of carbonyl (C=O) groups excluding carboxylic acids is 1. The van der Waals surface area contributed by atoms with E-state index in [0.29, 0.717) is 5.96 Å². The van der Waals surface area contributed by atoms with Gasteiger partial charge in [0.05, 0.1) is 11.6 Å². The smallest absolute Gasteiger partial charge is 0.239 e. The summed E-state index contributed by atoms with van der Waals surface area (Å²) in [6, 6.07) is 0. The van der Waals surface area contributed by atoms with Crippen molar-refractivity contribution in [2.24, 2.45) is 4.99 Å². The van der Waals surface area contributed by atoms with Crippen LogP contribution >= 0.6 is 11.3 Å². The van der Waals surface area contributed by atoms with Gasteiger partial charge >= 0.3 is 0 Å². The largest absolute Gasteiger partial charge is 0.356 e. The second-order valence-electron chi connectivity index (χ2n) is 6.14. The number of guanidine groups is 1. The number of amides is 1. The predicted octanol–water partition coefficient (Wildman–Crippen LogP) is 1.46. The monoisotopic (exact) mass is 325 g/mol. The quantitative estimate of drug-likeness (QED) is 0.420. The fourth-order valence-corrected chi connectivity index (χ4v) is 2.63. The summed E-state index contributed by atoms with van der Waals surface area (Å²) in [5.74, 6) is 0.591. The number of aromatic nitrogens is 1. The van der Waals surface area contributed by atoms with E-state index in [1.54, 1.807) is 18.4 Å². The molecule has 0 atom stereocenters. The zero-order valence-electron chi connectivity index (χ0n) is 14.1. The third kappa shape index (κ3) is 7.97. The molecule has 0 fully saturated rings. The van der Waals surface area contributed by atoms with Crippen molar-refractivity contribution in [3.63, 3.8) is 0 Å². The van der Waals surface area contributed by atoms with Crippen molar-refractivity contribution in [3.8, 4) is 0 Å². The molecule has 1 heterocycles. The molecule has 0 aliphatic heterocycles. The lowest BCUT2D eigenvalue weighted by Crippen LogP contribution is -2.48. The summed E-state index contributed by atoms with van der Waals surface area (Å²) in [6.45, 7) is 8.88. The molecular formula is C15H27N5OS. The van der Waals surface area contributed by atoms with Crippen molar-refractivity contribution in [1.29, 1.82) is 0 Å². The lowest BCUT2D eigenvalue weighted by atomic mass is 10.1. The lowest BCUT2D eigenvalue weighted by Gasteiger charge is -2.21. The van der Waals surface area contributed by atoms with Gasteiger partial charge in [-0.25, -0.2) is 4.98 Å². The summed E-state index contributed by atoms with van der Waals surface area (Å²) in [6.07, 6.45) is 1.93. The standard InChI is InChI=1S/C15H27N5OS/c1-11-10-22-13(19-11)7-6-8-17-14(16-5)18-9-12(21)20-15(2,3)4/h10H,6-9H2,1-5H3,(H,20,21)(H2,16,17,18). The number of aliphatic imine (C=N–C) groups is 1. The second kappa shape index (κ2) is 8.73. The van der Waals surface area contributed by atoms with Crippen LogP contribution in [0.25, 0.3) is 0 Å². The summed E-state index contributed by atoms with van der Waals surface area (Å²) in [5.41, 5.74) is 0.858. The molecule has 0 aliphatic rings. The Kier molecular flexibility index (Phi) is 7.31. The average molecular weight is 325 g/mol. The van der Waals surface area contributed by atoms with E-state index in [4.69, 9.17) is 0 Å². The van der Waals surface area contributed by atoms with Gasteiger partial charge in [-0.1, -0.05) is 0 Å². The molecule has 0 unspecified atom stereocenters. The molecule has 1 aromatic rings. The summed E-state index contributed by atoms with van der Waals surface area (Å²) < 4.78 is 0. The fraction of sp³-hybridized carbons (Fsp3) is 0.667. The van der Waals surface area contributed by atoms with E-state index in [1.165, 1.54) is 0 Å². The van der Waals surface area contributed by atoms with Crippen molar-refractivity contribution in [2.45, 2.75) is 46.1 Å². The van der Waals surface area contributed by atoms with Gasteiger partial charge in [0.25, 0.3) is 0 Å². The number of thiazole rings is 1. The Morgan fingerprint density at radius 2 is 2.09 bits per heavy atom. The zero-order valence-corrected chi connectivity index (χ0v) is 14.9. The lowest BCUT2D eigenvalue weighted by molar-refractivity contribution is -0.121. The Bertz CT molecular complexity index is 504. The van der Waals surface area contributed by atoms with Crippen LogP contribution in [0, 0.1) is 6.92 Å². The number of nitrogens with zero attached hydrogens (tertiary/aromatic N) is 2. The summed E-state index contributed by atoms with van der Waals surface area (Å²) >= 11 is 1.70. The van der Waals surface area contributed by atoms with E-state index in [2.05, 4.69) is 31.3 Å². The normalized spacial score (nSPS) is 12.1. The molecule has 7 heteroatoms. The van der Waals surface area contributed by atoms with Gasteiger partial charge in [0.2, 0.25) is 5.91 Å². The molecule has 0 aromatic carbocycles. The van der Waals surface area contributed by atoms with Crippen LogP contribution in [0.5, 0.6) is 0 Å². The van der Waals surface area contributed by atoms with Crippen LogP contribution in [0.4, 0.5) is 0 Å². The van der Waals surface area contributed by atoms with Gasteiger partial charge in [-0.2, -0.15) is 0 Å². The molecule has 1 amide bonds. The van der Waals surface area contributed by atoms with E-state index in [9.17, 15) is 4.79 Å². The van der Waals surface area contributed by atoms with E-state index >= 15 is 0 Å². The average Bonchev–Trinajstić information content (AvgIpc) is 2.81. The summed E-state index contributed by atoms with van der Waals surface area (Å²) in [5, 5.41) is 12.3. The van der Waals surface area contributed by atoms with Gasteiger partial charge in [0.1, 0.15) is 0 Å².